The van der Waals surface area contributed by atoms with E-state index in [1.54, 1.807) is 11.3 Å². The third-order valence-electron chi connectivity index (χ3n) is 4.08. The summed E-state index contributed by atoms with van der Waals surface area (Å²) in [5.41, 5.74) is 11.9. The average Bonchev–Trinajstić information content (AvgIpc) is 2.96. The number of hydrogen-bond donors (Lipinski definition) is 1. The van der Waals surface area contributed by atoms with E-state index in [9.17, 15) is 0 Å². The smallest absolute Gasteiger partial charge is 0.194 e. The van der Waals surface area contributed by atoms with Crippen LogP contribution in [0.1, 0.15) is 41.6 Å². The van der Waals surface area contributed by atoms with Gasteiger partial charge in [0.2, 0.25) is 0 Å². The molecule has 2 N–H and O–H groups in total. The lowest BCUT2D eigenvalue weighted by Crippen LogP contribution is -2.03. The molecule has 2 aromatic heterocycles. The van der Waals surface area contributed by atoms with Crippen LogP contribution in [0.5, 0.6) is 0 Å². The number of aryl methyl sites for hydroxylation is 2. The van der Waals surface area contributed by atoms with Crippen molar-refractivity contribution in [3.63, 3.8) is 0 Å². The van der Waals surface area contributed by atoms with Gasteiger partial charge in [0.15, 0.2) is 4.96 Å². The van der Waals surface area contributed by atoms with Gasteiger partial charge in [0, 0.05) is 22.7 Å². The van der Waals surface area contributed by atoms with Crippen LogP contribution in [-0.4, -0.2) is 9.38 Å². The summed E-state index contributed by atoms with van der Waals surface area (Å²) in [7, 11) is 0. The van der Waals surface area contributed by atoms with Gasteiger partial charge >= 0.3 is 0 Å². The molecule has 0 amide bonds. The number of rotatable bonds is 3. The highest BCUT2D eigenvalue weighted by Crippen LogP contribution is 2.31. The van der Waals surface area contributed by atoms with Gasteiger partial charge in [-0.25, -0.2) is 4.98 Å². The fourth-order valence-corrected chi connectivity index (χ4v) is 3.65. The van der Waals surface area contributed by atoms with Gasteiger partial charge in [0.05, 0.1) is 11.4 Å². The maximum Gasteiger partial charge on any atom is 0.194 e. The summed E-state index contributed by atoms with van der Waals surface area (Å²) in [6.45, 7) is 9.18. The lowest BCUT2D eigenvalue weighted by Gasteiger charge is -2.07. The minimum absolute atomic E-state index is 0.499. The first kappa shape index (κ1) is 14.3. The van der Waals surface area contributed by atoms with Crippen molar-refractivity contribution < 1.29 is 0 Å². The minimum Gasteiger partial charge on any atom is -0.325 e. The lowest BCUT2D eigenvalue weighted by molar-refractivity contribution is 0.867. The van der Waals surface area contributed by atoms with Crippen LogP contribution < -0.4 is 5.73 Å². The summed E-state index contributed by atoms with van der Waals surface area (Å²) >= 11 is 1.73. The fraction of sp³-hybridized carbons (Fsp3) is 0.353. The third kappa shape index (κ3) is 2.28. The van der Waals surface area contributed by atoms with E-state index < -0.39 is 0 Å². The molecule has 0 saturated heterocycles. The maximum absolute atomic E-state index is 6.00. The number of nitrogens with two attached hydrogens (primary N) is 1. The third-order valence-corrected chi connectivity index (χ3v) is 5.13. The van der Waals surface area contributed by atoms with Crippen LogP contribution in [0.25, 0.3) is 16.2 Å². The maximum atomic E-state index is 6.00. The number of nitrogens with zero attached hydrogens (tertiary/aromatic N) is 2. The summed E-state index contributed by atoms with van der Waals surface area (Å²) in [4.78, 5) is 7.15. The van der Waals surface area contributed by atoms with Crippen LogP contribution >= 0.6 is 11.3 Å². The Hall–Kier alpha value is -1.65. The number of imidazole rings is 1. The molecule has 0 spiro atoms. The van der Waals surface area contributed by atoms with Crippen LogP contribution in [0.2, 0.25) is 0 Å². The summed E-state index contributed by atoms with van der Waals surface area (Å²) in [5, 5.41) is 0. The van der Waals surface area contributed by atoms with E-state index in [4.69, 9.17) is 10.7 Å². The van der Waals surface area contributed by atoms with E-state index in [2.05, 4.69) is 56.4 Å². The van der Waals surface area contributed by atoms with E-state index in [0.717, 1.165) is 21.9 Å². The number of fused-ring (bicyclic) bond motifs is 1. The molecule has 110 valence electrons. The Labute approximate surface area is 129 Å². The molecule has 0 bridgehead atoms. The summed E-state index contributed by atoms with van der Waals surface area (Å²) < 4.78 is 2.20. The molecule has 3 rings (SSSR count). The first-order valence-electron chi connectivity index (χ1n) is 7.30. The molecule has 3 nitrogen and oxygen atoms in total. The molecule has 0 fully saturated rings. The Kier molecular flexibility index (Phi) is 3.59. The topological polar surface area (TPSA) is 43.3 Å². The molecule has 0 saturated carbocycles. The van der Waals surface area contributed by atoms with Gasteiger partial charge in [-0.2, -0.15) is 0 Å². The van der Waals surface area contributed by atoms with Crippen LogP contribution in [0.3, 0.4) is 0 Å². The van der Waals surface area contributed by atoms with E-state index >= 15 is 0 Å². The van der Waals surface area contributed by atoms with Crippen molar-refractivity contribution in [3.05, 3.63) is 46.1 Å². The molecule has 21 heavy (non-hydrogen) atoms. The van der Waals surface area contributed by atoms with Crippen molar-refractivity contribution in [2.24, 2.45) is 5.73 Å². The number of thiazole rings is 1. The largest absolute Gasteiger partial charge is 0.325 e. The Bertz CT molecular complexity index is 779. The van der Waals surface area contributed by atoms with Gasteiger partial charge in [-0.05, 0) is 25.3 Å². The molecule has 0 aliphatic carbocycles. The number of aromatic nitrogens is 2. The monoisotopic (exact) mass is 299 g/mol. The zero-order valence-corrected chi connectivity index (χ0v) is 13.8. The van der Waals surface area contributed by atoms with Gasteiger partial charge in [0.1, 0.15) is 0 Å². The Morgan fingerprint density at radius 1 is 1.19 bits per heavy atom. The molecule has 0 atom stereocenters. The van der Waals surface area contributed by atoms with Gasteiger partial charge in [-0.3, -0.25) is 4.40 Å². The molecule has 0 aliphatic heterocycles. The standard InChI is InChI=1S/C17H21N3S/c1-10(2)13-5-7-14(8-6-13)16-15(9-18)20-11(3)12(4)21-17(20)19-16/h5-8,10H,9,18H2,1-4H3. The molecule has 1 aromatic carbocycles. The van der Waals surface area contributed by atoms with Gasteiger partial charge in [-0.15, -0.1) is 11.3 Å². The molecule has 0 aliphatic rings. The van der Waals surface area contributed by atoms with Crippen LogP contribution in [-0.2, 0) is 6.54 Å². The fourth-order valence-electron chi connectivity index (χ4n) is 2.66. The quantitative estimate of drug-likeness (QED) is 0.785. The van der Waals surface area contributed by atoms with Gasteiger partial charge < -0.3 is 5.73 Å². The van der Waals surface area contributed by atoms with Crippen molar-refractivity contribution >= 4 is 16.3 Å². The Morgan fingerprint density at radius 3 is 2.43 bits per heavy atom. The zero-order valence-electron chi connectivity index (χ0n) is 13.0. The second-order valence-corrected chi connectivity index (χ2v) is 6.93. The molecule has 4 heteroatoms. The minimum atomic E-state index is 0.499. The second kappa shape index (κ2) is 5.28. The molecular formula is C17H21N3S. The Balaban J connectivity index is 2.15. The van der Waals surface area contributed by atoms with Crippen molar-refractivity contribution in [3.8, 4) is 11.3 Å². The highest BCUT2D eigenvalue weighted by Gasteiger charge is 2.17. The molecular weight excluding hydrogens is 278 g/mol. The average molecular weight is 299 g/mol. The first-order chi connectivity index (χ1) is 10.0. The van der Waals surface area contributed by atoms with Crippen LogP contribution in [0.4, 0.5) is 0 Å². The lowest BCUT2D eigenvalue weighted by atomic mass is 10.0. The van der Waals surface area contributed by atoms with Gasteiger partial charge in [-0.1, -0.05) is 38.1 Å². The summed E-state index contributed by atoms with van der Waals surface area (Å²) in [6, 6.07) is 8.68. The first-order valence-corrected chi connectivity index (χ1v) is 8.12. The van der Waals surface area contributed by atoms with E-state index in [1.807, 2.05) is 0 Å². The SMILES string of the molecule is Cc1sc2nc(-c3ccc(C(C)C)cc3)c(CN)n2c1C. The zero-order chi connectivity index (χ0) is 15.1. The van der Waals surface area contributed by atoms with E-state index in [-0.39, 0.29) is 0 Å². The predicted molar refractivity (Wildman–Crippen MR) is 90.0 cm³/mol. The highest BCUT2D eigenvalue weighted by atomic mass is 32.1. The van der Waals surface area contributed by atoms with Crippen molar-refractivity contribution in [1.29, 1.82) is 0 Å². The number of benzene rings is 1. The number of hydrogen-bond acceptors (Lipinski definition) is 3. The normalized spacial score (nSPS) is 11.7. The van der Waals surface area contributed by atoms with Crippen molar-refractivity contribution in [2.75, 3.05) is 0 Å². The van der Waals surface area contributed by atoms with Gasteiger partial charge in [0.25, 0.3) is 0 Å². The van der Waals surface area contributed by atoms with Crippen LogP contribution in [0, 0.1) is 13.8 Å². The van der Waals surface area contributed by atoms with Crippen molar-refractivity contribution in [1.82, 2.24) is 9.38 Å². The van der Waals surface area contributed by atoms with Crippen molar-refractivity contribution in [2.45, 2.75) is 40.2 Å². The predicted octanol–water partition coefficient (Wildman–Crippen LogP) is 4.26. The second-order valence-electron chi connectivity index (χ2n) is 5.75. The molecule has 0 unspecified atom stereocenters. The molecule has 0 radical (unpaired) electrons. The highest BCUT2D eigenvalue weighted by molar-refractivity contribution is 7.17. The Morgan fingerprint density at radius 2 is 1.86 bits per heavy atom. The van der Waals surface area contributed by atoms with E-state index in [1.165, 1.54) is 16.1 Å². The molecule has 2 heterocycles. The van der Waals surface area contributed by atoms with Crippen LogP contribution in [0.15, 0.2) is 24.3 Å². The van der Waals surface area contributed by atoms with E-state index in [0.29, 0.717) is 12.5 Å². The molecule has 3 aromatic rings. The summed E-state index contributed by atoms with van der Waals surface area (Å²) in [5.74, 6) is 0.545. The summed E-state index contributed by atoms with van der Waals surface area (Å²) in [6.07, 6.45) is 0.